The highest BCUT2D eigenvalue weighted by Gasteiger charge is 2.50. The Morgan fingerprint density at radius 2 is 1.55 bits per heavy atom. The van der Waals surface area contributed by atoms with Gasteiger partial charge in [0.25, 0.3) is 0 Å². The van der Waals surface area contributed by atoms with Crippen molar-refractivity contribution in [3.8, 4) is 0 Å². The maximum atomic E-state index is 13.5. The highest BCUT2D eigenvalue weighted by molar-refractivity contribution is 5.90. The van der Waals surface area contributed by atoms with Crippen molar-refractivity contribution in [3.05, 3.63) is 0 Å². The lowest BCUT2D eigenvalue weighted by atomic mass is 9.81. The van der Waals surface area contributed by atoms with Crippen molar-refractivity contribution >= 4 is 17.9 Å². The molecule has 7 nitrogen and oxygen atoms in total. The van der Waals surface area contributed by atoms with Crippen LogP contribution in [0.3, 0.4) is 0 Å². The minimum atomic E-state index is -0.852. The minimum absolute atomic E-state index is 0.00360. The number of hydrogen-bond acceptors (Lipinski definition) is 4. The molecule has 3 rings (SSSR count). The van der Waals surface area contributed by atoms with Gasteiger partial charge in [-0.2, -0.15) is 0 Å². The summed E-state index contributed by atoms with van der Waals surface area (Å²) >= 11 is 0. The molecule has 0 spiro atoms. The largest absolute Gasteiger partial charge is 0.444 e. The molecule has 1 aliphatic heterocycles. The molecule has 164 valence electrons. The highest BCUT2D eigenvalue weighted by atomic mass is 16.6. The van der Waals surface area contributed by atoms with Crippen LogP contribution in [0, 0.1) is 17.3 Å². The van der Waals surface area contributed by atoms with Crippen LogP contribution in [0.15, 0.2) is 0 Å². The van der Waals surface area contributed by atoms with Crippen molar-refractivity contribution < 1.29 is 19.1 Å². The first kappa shape index (κ1) is 21.9. The summed E-state index contributed by atoms with van der Waals surface area (Å²) in [4.78, 5) is 44.1. The van der Waals surface area contributed by atoms with Gasteiger partial charge in [-0.15, -0.1) is 0 Å². The molecule has 0 aromatic heterocycles. The smallest absolute Gasteiger partial charge is 0.410 e. The molecule has 2 aliphatic carbocycles. The zero-order chi connectivity index (χ0) is 21.4. The SMILES string of the molecule is CN(CC1CC1)C(=O)C[C@@]1(C(=O)N(C)CC2CC2)CCN(C(=O)OC(C)(C)C)C1. The van der Waals surface area contributed by atoms with Gasteiger partial charge in [0, 0.05) is 46.7 Å². The summed E-state index contributed by atoms with van der Waals surface area (Å²) in [6, 6.07) is 0. The van der Waals surface area contributed by atoms with E-state index in [1.165, 1.54) is 12.8 Å². The van der Waals surface area contributed by atoms with Gasteiger partial charge in [-0.25, -0.2) is 4.79 Å². The van der Waals surface area contributed by atoms with Crippen molar-refractivity contribution in [3.63, 3.8) is 0 Å². The molecule has 3 fully saturated rings. The molecular formula is C22H37N3O4. The van der Waals surface area contributed by atoms with E-state index in [1.807, 2.05) is 34.9 Å². The first-order valence-electron chi connectivity index (χ1n) is 11.0. The molecule has 0 N–H and O–H groups in total. The Morgan fingerprint density at radius 3 is 2.07 bits per heavy atom. The molecule has 0 aromatic carbocycles. The van der Waals surface area contributed by atoms with Crippen molar-refractivity contribution in [1.29, 1.82) is 0 Å². The van der Waals surface area contributed by atoms with E-state index in [0.29, 0.717) is 24.8 Å². The molecule has 7 heteroatoms. The van der Waals surface area contributed by atoms with Crippen LogP contribution in [-0.2, 0) is 14.3 Å². The molecule has 0 bridgehead atoms. The van der Waals surface area contributed by atoms with Crippen LogP contribution in [0.1, 0.15) is 59.3 Å². The Kier molecular flexibility index (Phi) is 6.16. The van der Waals surface area contributed by atoms with Gasteiger partial charge < -0.3 is 19.4 Å². The number of likely N-dealkylation sites (tertiary alicyclic amines) is 1. The van der Waals surface area contributed by atoms with E-state index in [9.17, 15) is 14.4 Å². The van der Waals surface area contributed by atoms with Crippen molar-refractivity contribution in [1.82, 2.24) is 14.7 Å². The molecule has 29 heavy (non-hydrogen) atoms. The van der Waals surface area contributed by atoms with E-state index in [0.717, 1.165) is 25.9 Å². The number of amides is 3. The van der Waals surface area contributed by atoms with Crippen LogP contribution >= 0.6 is 0 Å². The molecular weight excluding hydrogens is 370 g/mol. The Bertz CT molecular complexity index is 651. The van der Waals surface area contributed by atoms with Crippen LogP contribution in [0.4, 0.5) is 4.79 Å². The van der Waals surface area contributed by atoms with Gasteiger partial charge in [0.1, 0.15) is 5.60 Å². The maximum absolute atomic E-state index is 13.5. The van der Waals surface area contributed by atoms with Crippen LogP contribution in [-0.4, -0.2) is 78.5 Å². The fourth-order valence-corrected chi connectivity index (χ4v) is 4.14. The fourth-order valence-electron chi connectivity index (χ4n) is 4.14. The van der Waals surface area contributed by atoms with E-state index >= 15 is 0 Å². The van der Waals surface area contributed by atoms with E-state index in [2.05, 4.69) is 0 Å². The van der Waals surface area contributed by atoms with Crippen molar-refractivity contribution in [2.75, 3.05) is 40.3 Å². The second-order valence-electron chi connectivity index (χ2n) is 10.5. The number of nitrogens with zero attached hydrogens (tertiary/aromatic N) is 3. The van der Waals surface area contributed by atoms with E-state index in [-0.39, 0.29) is 24.8 Å². The van der Waals surface area contributed by atoms with Gasteiger partial charge >= 0.3 is 6.09 Å². The third-order valence-electron chi connectivity index (χ3n) is 6.18. The second kappa shape index (κ2) is 8.15. The van der Waals surface area contributed by atoms with Gasteiger partial charge in [0.05, 0.1) is 5.41 Å². The average Bonchev–Trinajstić information content (AvgIpc) is 3.54. The Labute approximate surface area is 174 Å². The summed E-state index contributed by atoms with van der Waals surface area (Å²) in [6.07, 6.45) is 4.94. The lowest BCUT2D eigenvalue weighted by molar-refractivity contribution is -0.146. The standard InChI is InChI=1S/C22H37N3O4/c1-21(2,3)29-20(28)25-11-10-22(15-25,19(27)24(5)14-17-8-9-17)12-18(26)23(4)13-16-6-7-16/h16-17H,6-15H2,1-5H3/t22-/m0/s1. The average molecular weight is 408 g/mol. The number of ether oxygens (including phenoxy) is 1. The summed E-state index contributed by atoms with van der Waals surface area (Å²) in [6.45, 7) is 7.68. The highest BCUT2D eigenvalue weighted by Crippen LogP contribution is 2.39. The first-order valence-corrected chi connectivity index (χ1v) is 11.0. The molecule has 1 saturated heterocycles. The molecule has 1 atom stereocenters. The topological polar surface area (TPSA) is 70.2 Å². The summed E-state index contributed by atoms with van der Waals surface area (Å²) in [5, 5.41) is 0. The second-order valence-corrected chi connectivity index (χ2v) is 10.5. The maximum Gasteiger partial charge on any atom is 0.410 e. The summed E-state index contributed by atoms with van der Waals surface area (Å²) in [7, 11) is 3.66. The Balaban J connectivity index is 1.71. The zero-order valence-electron chi connectivity index (χ0n) is 18.7. The van der Waals surface area contributed by atoms with Gasteiger partial charge in [0.15, 0.2) is 0 Å². The van der Waals surface area contributed by atoms with Crippen LogP contribution in [0.2, 0.25) is 0 Å². The third-order valence-corrected chi connectivity index (χ3v) is 6.18. The molecule has 0 unspecified atom stereocenters. The van der Waals surface area contributed by atoms with Crippen LogP contribution in [0.5, 0.6) is 0 Å². The van der Waals surface area contributed by atoms with Crippen LogP contribution < -0.4 is 0 Å². The third kappa shape index (κ3) is 5.86. The van der Waals surface area contributed by atoms with Gasteiger partial charge in [-0.1, -0.05) is 0 Å². The van der Waals surface area contributed by atoms with Gasteiger partial charge in [-0.3, -0.25) is 9.59 Å². The predicted octanol–water partition coefficient (Wildman–Crippen LogP) is 2.74. The predicted molar refractivity (Wildman–Crippen MR) is 110 cm³/mol. The number of carbonyl (C=O) groups is 3. The lowest BCUT2D eigenvalue weighted by Gasteiger charge is -2.33. The summed E-state index contributed by atoms with van der Waals surface area (Å²) in [5.74, 6) is 1.17. The Morgan fingerprint density at radius 1 is 1.00 bits per heavy atom. The fraction of sp³-hybridized carbons (Fsp3) is 0.864. The van der Waals surface area contributed by atoms with Crippen LogP contribution in [0.25, 0.3) is 0 Å². The molecule has 0 aromatic rings. The molecule has 1 heterocycles. The normalized spacial score (nSPS) is 24.4. The molecule has 3 amide bonds. The molecule has 3 aliphatic rings. The lowest BCUT2D eigenvalue weighted by Crippen LogP contribution is -2.48. The number of hydrogen-bond donors (Lipinski definition) is 0. The summed E-state index contributed by atoms with van der Waals surface area (Å²) in [5.41, 5.74) is -1.44. The zero-order valence-corrected chi connectivity index (χ0v) is 18.7. The van der Waals surface area contributed by atoms with Crippen molar-refractivity contribution in [2.45, 2.75) is 64.9 Å². The summed E-state index contributed by atoms with van der Waals surface area (Å²) < 4.78 is 5.51. The van der Waals surface area contributed by atoms with E-state index < -0.39 is 17.1 Å². The quantitative estimate of drug-likeness (QED) is 0.651. The van der Waals surface area contributed by atoms with Crippen molar-refractivity contribution in [2.24, 2.45) is 17.3 Å². The van der Waals surface area contributed by atoms with Gasteiger partial charge in [-0.05, 0) is 64.7 Å². The monoisotopic (exact) mass is 407 g/mol. The number of rotatable bonds is 7. The Hall–Kier alpha value is -1.79. The molecule has 2 saturated carbocycles. The van der Waals surface area contributed by atoms with Gasteiger partial charge in [0.2, 0.25) is 11.8 Å². The van der Waals surface area contributed by atoms with E-state index in [4.69, 9.17) is 4.74 Å². The number of carbonyl (C=O) groups excluding carboxylic acids is 3. The minimum Gasteiger partial charge on any atom is -0.444 e. The first-order chi connectivity index (χ1) is 13.5. The van der Waals surface area contributed by atoms with E-state index in [1.54, 1.807) is 14.7 Å². The molecule has 0 radical (unpaired) electrons.